The van der Waals surface area contributed by atoms with Gasteiger partial charge in [-0.1, -0.05) is 24.3 Å². The lowest BCUT2D eigenvalue weighted by Gasteiger charge is -2.31. The summed E-state index contributed by atoms with van der Waals surface area (Å²) in [6, 6.07) is 15.5. The first-order chi connectivity index (χ1) is 18.4. The predicted octanol–water partition coefficient (Wildman–Crippen LogP) is 4.30. The molecule has 1 aliphatic heterocycles. The Balaban J connectivity index is 1.42. The first-order valence-electron chi connectivity index (χ1n) is 12.6. The van der Waals surface area contributed by atoms with Gasteiger partial charge in [0.1, 0.15) is 36.1 Å². The van der Waals surface area contributed by atoms with E-state index in [0.29, 0.717) is 22.7 Å². The number of nitrogens with two attached hydrogens (primary N) is 1. The second kappa shape index (κ2) is 11.6. The molecule has 0 atom stereocenters. The molecular weight excluding hydrogens is 525 g/mol. The first-order valence-corrected chi connectivity index (χ1v) is 14.4. The fourth-order valence-electron chi connectivity index (χ4n) is 4.58. The van der Waals surface area contributed by atoms with Crippen molar-refractivity contribution in [3.8, 4) is 22.6 Å². The highest BCUT2D eigenvalue weighted by atomic mass is 32.2. The number of benzene rings is 3. The first kappa shape index (κ1) is 28.4. The summed E-state index contributed by atoms with van der Waals surface area (Å²) in [7, 11) is -3.10. The number of hydrogen-bond donors (Lipinski definition) is 3. The Morgan fingerprint density at radius 3 is 2.46 bits per heavy atom. The molecule has 0 amide bonds. The molecular formula is C29H32FNO7S. The zero-order valence-electron chi connectivity index (χ0n) is 21.7. The maximum Gasteiger partial charge on any atom is 0.303 e. The second-order valence-electron chi connectivity index (χ2n) is 10.0. The number of nitrogen functional groups attached to an aromatic ring is 1. The molecule has 1 aliphatic rings. The number of aryl methyl sites for hydroxylation is 2. The molecule has 0 spiro atoms. The lowest BCUT2D eigenvalue weighted by Crippen LogP contribution is -2.43. The van der Waals surface area contributed by atoms with Gasteiger partial charge in [0.15, 0.2) is 9.84 Å². The van der Waals surface area contributed by atoms with Gasteiger partial charge in [-0.3, -0.25) is 4.79 Å². The molecule has 10 heteroatoms. The minimum Gasteiger partial charge on any atom is -0.491 e. The summed E-state index contributed by atoms with van der Waals surface area (Å²) in [6.07, 6.45) is 0.240. The molecule has 208 valence electrons. The summed E-state index contributed by atoms with van der Waals surface area (Å²) in [6.45, 7) is 2.07. The average Bonchev–Trinajstić information content (AvgIpc) is 2.88. The van der Waals surface area contributed by atoms with Crippen molar-refractivity contribution in [2.45, 2.75) is 44.8 Å². The summed E-state index contributed by atoms with van der Waals surface area (Å²) >= 11 is 0. The number of ether oxygens (including phenoxy) is 2. The Morgan fingerprint density at radius 1 is 1.05 bits per heavy atom. The number of aliphatic carboxylic acids is 1. The van der Waals surface area contributed by atoms with Gasteiger partial charge in [-0.15, -0.1) is 0 Å². The molecule has 0 aromatic heterocycles. The fraction of sp³-hybridized carbons (Fsp3) is 0.345. The van der Waals surface area contributed by atoms with Crippen molar-refractivity contribution in [3.63, 3.8) is 0 Å². The van der Waals surface area contributed by atoms with E-state index in [1.807, 2.05) is 37.3 Å². The van der Waals surface area contributed by atoms with Crippen molar-refractivity contribution < 1.29 is 37.3 Å². The molecule has 0 saturated carbocycles. The topological polar surface area (TPSA) is 136 Å². The largest absolute Gasteiger partial charge is 0.491 e. The number of rotatable bonds is 10. The van der Waals surface area contributed by atoms with Crippen molar-refractivity contribution in [1.29, 1.82) is 0 Å². The van der Waals surface area contributed by atoms with Gasteiger partial charge in [-0.25, -0.2) is 12.8 Å². The molecule has 1 fully saturated rings. The van der Waals surface area contributed by atoms with Gasteiger partial charge in [0.25, 0.3) is 0 Å². The van der Waals surface area contributed by atoms with E-state index in [1.54, 1.807) is 12.1 Å². The summed E-state index contributed by atoms with van der Waals surface area (Å²) in [5.74, 6) is -0.769. The van der Waals surface area contributed by atoms with Crippen LogP contribution in [0, 0.1) is 12.7 Å². The number of anilines is 1. The normalized spacial score (nSPS) is 16.0. The molecule has 1 heterocycles. The van der Waals surface area contributed by atoms with E-state index in [2.05, 4.69) is 0 Å². The Bertz CT molecular complexity index is 1440. The molecule has 8 nitrogen and oxygen atoms in total. The van der Waals surface area contributed by atoms with Crippen LogP contribution in [0.3, 0.4) is 0 Å². The molecule has 0 radical (unpaired) electrons. The van der Waals surface area contributed by atoms with Crippen molar-refractivity contribution in [1.82, 2.24) is 0 Å². The van der Waals surface area contributed by atoms with Gasteiger partial charge >= 0.3 is 5.97 Å². The number of carboxylic acid groups (broad SMARTS) is 1. The van der Waals surface area contributed by atoms with Gasteiger partial charge < -0.3 is 25.4 Å². The Labute approximate surface area is 227 Å². The van der Waals surface area contributed by atoms with E-state index >= 15 is 0 Å². The van der Waals surface area contributed by atoms with Crippen LogP contribution in [-0.2, 0) is 27.7 Å². The van der Waals surface area contributed by atoms with Crippen molar-refractivity contribution >= 4 is 21.5 Å². The third kappa shape index (κ3) is 7.48. The van der Waals surface area contributed by atoms with Crippen LogP contribution < -0.4 is 15.2 Å². The van der Waals surface area contributed by atoms with E-state index in [1.165, 1.54) is 12.1 Å². The molecule has 0 bridgehead atoms. The molecule has 4 N–H and O–H groups in total. The van der Waals surface area contributed by atoms with Gasteiger partial charge in [0, 0.05) is 29.8 Å². The van der Waals surface area contributed by atoms with Crippen LogP contribution in [0.2, 0.25) is 0 Å². The highest BCUT2D eigenvalue weighted by Crippen LogP contribution is 2.35. The quantitative estimate of drug-likeness (QED) is 0.314. The van der Waals surface area contributed by atoms with E-state index in [-0.39, 0.29) is 50.4 Å². The van der Waals surface area contributed by atoms with Gasteiger partial charge in [0.05, 0.1) is 11.5 Å². The lowest BCUT2D eigenvalue weighted by atomic mass is 9.96. The number of carboxylic acids is 1. The summed E-state index contributed by atoms with van der Waals surface area (Å²) < 4.78 is 49.2. The zero-order chi connectivity index (χ0) is 28.2. The van der Waals surface area contributed by atoms with Crippen LogP contribution in [0.5, 0.6) is 11.5 Å². The van der Waals surface area contributed by atoms with E-state index < -0.39 is 27.2 Å². The number of hydrogen-bond acceptors (Lipinski definition) is 7. The van der Waals surface area contributed by atoms with Crippen LogP contribution in [0.15, 0.2) is 54.6 Å². The highest BCUT2D eigenvalue weighted by molar-refractivity contribution is 7.91. The summed E-state index contributed by atoms with van der Waals surface area (Å²) in [5.41, 5.74) is 9.40. The number of aliphatic hydroxyl groups is 1. The smallest absolute Gasteiger partial charge is 0.303 e. The van der Waals surface area contributed by atoms with Crippen molar-refractivity contribution in [2.75, 3.05) is 23.8 Å². The molecule has 0 aliphatic carbocycles. The van der Waals surface area contributed by atoms with Crippen LogP contribution in [0.4, 0.5) is 10.1 Å². The second-order valence-corrected chi connectivity index (χ2v) is 12.3. The SMILES string of the molecule is Cc1cc(OCC2(O)CCS(=O)(=O)CC2)cc(N)c1-c1cccc(COc2ccc(CCC(=O)O)c(F)c2)c1. The Kier molecular flexibility index (Phi) is 8.46. The van der Waals surface area contributed by atoms with Gasteiger partial charge in [0.2, 0.25) is 0 Å². The van der Waals surface area contributed by atoms with Crippen LogP contribution in [0.25, 0.3) is 11.1 Å². The average molecular weight is 558 g/mol. The molecule has 1 saturated heterocycles. The zero-order valence-corrected chi connectivity index (χ0v) is 22.5. The third-order valence-corrected chi connectivity index (χ3v) is 8.51. The molecule has 0 unspecified atom stereocenters. The van der Waals surface area contributed by atoms with Crippen molar-refractivity contribution in [2.24, 2.45) is 0 Å². The third-order valence-electron chi connectivity index (χ3n) is 6.86. The van der Waals surface area contributed by atoms with Crippen molar-refractivity contribution in [3.05, 3.63) is 77.1 Å². The highest BCUT2D eigenvalue weighted by Gasteiger charge is 2.36. The van der Waals surface area contributed by atoms with Crippen LogP contribution >= 0.6 is 0 Å². The lowest BCUT2D eigenvalue weighted by molar-refractivity contribution is -0.136. The fourth-order valence-corrected chi connectivity index (χ4v) is 6.17. The van der Waals surface area contributed by atoms with Crippen LogP contribution in [-0.4, -0.2) is 48.3 Å². The molecule has 3 aromatic carbocycles. The summed E-state index contributed by atoms with van der Waals surface area (Å²) in [4.78, 5) is 10.7. The maximum absolute atomic E-state index is 14.3. The molecule has 39 heavy (non-hydrogen) atoms. The molecule has 3 aromatic rings. The van der Waals surface area contributed by atoms with Gasteiger partial charge in [-0.2, -0.15) is 0 Å². The Morgan fingerprint density at radius 2 is 1.79 bits per heavy atom. The predicted molar refractivity (Wildman–Crippen MR) is 146 cm³/mol. The van der Waals surface area contributed by atoms with E-state index in [0.717, 1.165) is 22.3 Å². The monoisotopic (exact) mass is 557 g/mol. The van der Waals surface area contributed by atoms with E-state index in [4.69, 9.17) is 20.3 Å². The van der Waals surface area contributed by atoms with Crippen LogP contribution in [0.1, 0.15) is 36.0 Å². The number of sulfone groups is 1. The Hall–Kier alpha value is -3.63. The number of carbonyl (C=O) groups is 1. The minimum atomic E-state index is -3.10. The van der Waals surface area contributed by atoms with Gasteiger partial charge in [-0.05, 0) is 66.6 Å². The summed E-state index contributed by atoms with van der Waals surface area (Å²) in [5, 5.41) is 19.5. The standard InChI is InChI=1S/C29H32FNO7S/c1-19-13-24(38-18-29(34)9-11-39(35,36)12-10-29)16-26(31)28(19)22-4-2-3-20(14-22)17-37-23-7-5-21(25(30)15-23)6-8-27(32)33/h2-5,7,13-16,34H,6,8-12,17-18,31H2,1H3,(H,32,33). The number of halogens is 1. The molecule has 4 rings (SSSR count). The minimum absolute atomic E-state index is 0.0191. The maximum atomic E-state index is 14.3. The van der Waals surface area contributed by atoms with E-state index in [9.17, 15) is 22.7 Å².